The average molecular weight is 480 g/mol. The van der Waals surface area contributed by atoms with Crippen LogP contribution in [-0.2, 0) is 19.6 Å². The van der Waals surface area contributed by atoms with E-state index in [0.717, 1.165) is 17.7 Å². The smallest absolute Gasteiger partial charge is 0.244 e. The molecule has 2 aromatic carbocycles. The van der Waals surface area contributed by atoms with Crippen LogP contribution in [0.4, 0.5) is 11.4 Å². The molecule has 2 heterocycles. The molecule has 2 aliphatic heterocycles. The van der Waals surface area contributed by atoms with Gasteiger partial charge in [-0.2, -0.15) is 4.31 Å². The lowest BCUT2D eigenvalue weighted by Crippen LogP contribution is -2.38. The number of thioether (sulfide) groups is 1. The minimum Gasteiger partial charge on any atom is -0.325 e. The van der Waals surface area contributed by atoms with Crippen molar-refractivity contribution in [2.24, 2.45) is 0 Å². The van der Waals surface area contributed by atoms with Gasteiger partial charge < -0.3 is 10.2 Å². The van der Waals surface area contributed by atoms with Gasteiger partial charge in [-0.1, -0.05) is 11.6 Å². The zero-order valence-corrected chi connectivity index (χ0v) is 19.1. The average Bonchev–Trinajstić information content (AvgIpc) is 3.25. The van der Waals surface area contributed by atoms with Gasteiger partial charge in [0.25, 0.3) is 0 Å². The zero-order valence-electron chi connectivity index (χ0n) is 16.7. The minimum atomic E-state index is -3.63. The van der Waals surface area contributed by atoms with Crippen LogP contribution in [0.25, 0.3) is 0 Å². The Morgan fingerprint density at radius 1 is 1.10 bits per heavy atom. The second kappa shape index (κ2) is 9.20. The molecule has 0 aromatic heterocycles. The molecule has 164 valence electrons. The van der Waals surface area contributed by atoms with Crippen molar-refractivity contribution in [3.8, 4) is 0 Å². The van der Waals surface area contributed by atoms with Gasteiger partial charge >= 0.3 is 0 Å². The number of sulfonamides is 1. The molecule has 0 radical (unpaired) electrons. The Balaban J connectivity index is 1.61. The maximum Gasteiger partial charge on any atom is 0.244 e. The molecular weight excluding hydrogens is 458 g/mol. The molecule has 0 unspecified atom stereocenters. The molecule has 1 N–H and O–H groups in total. The number of nitrogens with zero attached hydrogens (tertiary/aromatic N) is 2. The predicted octanol–water partition coefficient (Wildman–Crippen LogP) is 3.59. The number of fused-ring (bicyclic) bond motifs is 1. The summed E-state index contributed by atoms with van der Waals surface area (Å²) in [6, 6.07) is 11.5. The van der Waals surface area contributed by atoms with Crippen LogP contribution in [0.3, 0.4) is 0 Å². The molecule has 1 fully saturated rings. The van der Waals surface area contributed by atoms with E-state index in [4.69, 9.17) is 11.6 Å². The quantitative estimate of drug-likeness (QED) is 0.708. The van der Waals surface area contributed by atoms with E-state index in [1.807, 2.05) is 0 Å². The second-order valence-electron chi connectivity index (χ2n) is 7.37. The third-order valence-electron chi connectivity index (χ3n) is 5.23. The van der Waals surface area contributed by atoms with Crippen molar-refractivity contribution in [2.45, 2.75) is 29.1 Å². The fourth-order valence-electron chi connectivity index (χ4n) is 3.64. The first-order valence-electron chi connectivity index (χ1n) is 9.97. The number of anilines is 2. The highest BCUT2D eigenvalue weighted by Gasteiger charge is 2.30. The van der Waals surface area contributed by atoms with E-state index in [1.165, 1.54) is 27.0 Å². The lowest BCUT2D eigenvalue weighted by Gasteiger charge is -2.24. The molecule has 31 heavy (non-hydrogen) atoms. The lowest BCUT2D eigenvalue weighted by atomic mass is 10.2. The van der Waals surface area contributed by atoms with Crippen LogP contribution in [-0.4, -0.2) is 49.9 Å². The highest BCUT2D eigenvalue weighted by Crippen LogP contribution is 2.37. The molecule has 0 aliphatic carbocycles. The van der Waals surface area contributed by atoms with Gasteiger partial charge in [0, 0.05) is 40.9 Å². The van der Waals surface area contributed by atoms with Gasteiger partial charge in [0.1, 0.15) is 6.54 Å². The van der Waals surface area contributed by atoms with Crippen LogP contribution < -0.4 is 10.2 Å². The first kappa shape index (κ1) is 22.1. The van der Waals surface area contributed by atoms with E-state index in [1.54, 1.807) is 36.4 Å². The fraction of sp³-hybridized carbons (Fsp3) is 0.333. The van der Waals surface area contributed by atoms with Crippen molar-refractivity contribution in [2.75, 3.05) is 35.6 Å². The van der Waals surface area contributed by atoms with Gasteiger partial charge in [-0.05, 0) is 55.3 Å². The summed E-state index contributed by atoms with van der Waals surface area (Å²) < 4.78 is 27.5. The SMILES string of the molecule is O=C(CN1C(=O)CCSc2ccc(S(=O)(=O)N3CCCC3)cc21)Nc1ccc(Cl)cc1. The number of carbonyl (C=O) groups excluding carboxylic acids is 2. The summed E-state index contributed by atoms with van der Waals surface area (Å²) in [5.41, 5.74) is 1.02. The van der Waals surface area contributed by atoms with Crippen molar-refractivity contribution in [1.29, 1.82) is 0 Å². The Morgan fingerprint density at radius 3 is 2.52 bits per heavy atom. The standard InChI is InChI=1S/C21H22ClN3O4S2/c22-15-3-5-16(6-4-15)23-20(26)14-25-18-13-17(31(28,29)24-10-1-2-11-24)7-8-19(18)30-12-9-21(25)27/h3-8,13H,1-2,9-12,14H2,(H,23,26). The van der Waals surface area contributed by atoms with Crippen molar-refractivity contribution in [1.82, 2.24) is 4.31 Å². The van der Waals surface area contributed by atoms with Gasteiger partial charge in [0.05, 0.1) is 10.6 Å². The Morgan fingerprint density at radius 2 is 1.81 bits per heavy atom. The Bertz CT molecular complexity index is 1100. The van der Waals surface area contributed by atoms with Crippen molar-refractivity contribution < 1.29 is 18.0 Å². The molecule has 0 saturated carbocycles. The highest BCUT2D eigenvalue weighted by atomic mass is 35.5. The molecule has 0 spiro atoms. The number of rotatable bonds is 5. The van der Waals surface area contributed by atoms with Gasteiger partial charge in [0.15, 0.2) is 0 Å². The third-order valence-corrected chi connectivity index (χ3v) is 8.44. The summed E-state index contributed by atoms with van der Waals surface area (Å²) in [6.45, 7) is 0.795. The zero-order chi connectivity index (χ0) is 22.0. The lowest BCUT2D eigenvalue weighted by molar-refractivity contribution is -0.121. The molecule has 2 aromatic rings. The van der Waals surface area contributed by atoms with Crippen molar-refractivity contribution >= 4 is 56.6 Å². The molecule has 1 saturated heterocycles. The van der Waals surface area contributed by atoms with Crippen LogP contribution >= 0.6 is 23.4 Å². The topological polar surface area (TPSA) is 86.8 Å². The van der Waals surface area contributed by atoms with Crippen LogP contribution in [0.15, 0.2) is 52.3 Å². The van der Waals surface area contributed by atoms with Crippen LogP contribution in [0.1, 0.15) is 19.3 Å². The summed E-state index contributed by atoms with van der Waals surface area (Å²) in [5, 5.41) is 3.31. The molecule has 2 amide bonds. The number of hydrogen-bond acceptors (Lipinski definition) is 5. The summed E-state index contributed by atoms with van der Waals surface area (Å²) in [7, 11) is -3.63. The van der Waals surface area contributed by atoms with E-state index < -0.39 is 10.0 Å². The first-order chi connectivity index (χ1) is 14.8. The van der Waals surface area contributed by atoms with Crippen LogP contribution in [0, 0.1) is 0 Å². The molecule has 10 heteroatoms. The third kappa shape index (κ3) is 4.90. The largest absolute Gasteiger partial charge is 0.325 e. The van der Waals surface area contributed by atoms with Gasteiger partial charge in [-0.25, -0.2) is 8.42 Å². The molecule has 0 atom stereocenters. The molecular formula is C21H22ClN3O4S2. The number of carbonyl (C=O) groups is 2. The minimum absolute atomic E-state index is 0.145. The van der Waals surface area contributed by atoms with Crippen molar-refractivity contribution in [3.63, 3.8) is 0 Å². The molecule has 0 bridgehead atoms. The summed E-state index contributed by atoms with van der Waals surface area (Å²) in [4.78, 5) is 27.7. The summed E-state index contributed by atoms with van der Waals surface area (Å²) in [5.74, 6) is -0.0196. The number of nitrogens with one attached hydrogen (secondary N) is 1. The maximum atomic E-state index is 13.0. The molecule has 7 nitrogen and oxygen atoms in total. The Labute approximate surface area is 190 Å². The van der Waals surface area contributed by atoms with E-state index in [-0.39, 0.29) is 29.7 Å². The Kier molecular flexibility index (Phi) is 6.57. The van der Waals surface area contributed by atoms with Gasteiger partial charge in [0.2, 0.25) is 21.8 Å². The fourth-order valence-corrected chi connectivity index (χ4v) is 6.28. The Hall–Kier alpha value is -2.07. The number of benzene rings is 2. The number of halogens is 1. The van der Waals surface area contributed by atoms with E-state index >= 15 is 0 Å². The second-order valence-corrected chi connectivity index (χ2v) is 10.9. The highest BCUT2D eigenvalue weighted by molar-refractivity contribution is 7.99. The van der Waals surface area contributed by atoms with E-state index in [2.05, 4.69) is 5.32 Å². The van der Waals surface area contributed by atoms with E-state index in [9.17, 15) is 18.0 Å². The van der Waals surface area contributed by atoms with Crippen molar-refractivity contribution in [3.05, 3.63) is 47.5 Å². The van der Waals surface area contributed by atoms with Gasteiger partial charge in [-0.15, -0.1) is 11.8 Å². The predicted molar refractivity (Wildman–Crippen MR) is 122 cm³/mol. The van der Waals surface area contributed by atoms with Gasteiger partial charge in [-0.3, -0.25) is 9.59 Å². The monoisotopic (exact) mass is 479 g/mol. The first-order valence-corrected chi connectivity index (χ1v) is 12.8. The summed E-state index contributed by atoms with van der Waals surface area (Å²) in [6.07, 6.45) is 1.95. The van der Waals surface area contributed by atoms with Crippen LogP contribution in [0.2, 0.25) is 5.02 Å². The molecule has 2 aliphatic rings. The molecule has 4 rings (SSSR count). The van der Waals surface area contributed by atoms with Crippen LogP contribution in [0.5, 0.6) is 0 Å². The number of amides is 2. The normalized spacial score (nSPS) is 17.3. The van der Waals surface area contributed by atoms with E-state index in [0.29, 0.717) is 35.2 Å². The maximum absolute atomic E-state index is 13.0. The summed E-state index contributed by atoms with van der Waals surface area (Å²) >= 11 is 7.36. The number of hydrogen-bond donors (Lipinski definition) is 1.